The summed E-state index contributed by atoms with van der Waals surface area (Å²) in [6.07, 6.45) is 5.35. The predicted molar refractivity (Wildman–Crippen MR) is 106 cm³/mol. The lowest BCUT2D eigenvalue weighted by molar-refractivity contribution is -0.116. The van der Waals surface area contributed by atoms with Gasteiger partial charge in [0.15, 0.2) is 0 Å². The van der Waals surface area contributed by atoms with Gasteiger partial charge in [-0.05, 0) is 42.7 Å². The average Bonchev–Trinajstić information content (AvgIpc) is 2.72. The molecule has 1 N–H and O–H groups in total. The molecular weight excluding hydrogens is 357 g/mol. The Morgan fingerprint density at radius 2 is 1.79 bits per heavy atom. The van der Waals surface area contributed by atoms with Crippen LogP contribution < -0.4 is 11.0 Å². The second-order valence-corrected chi connectivity index (χ2v) is 7.30. The molecule has 1 heterocycles. The highest BCUT2D eigenvalue weighted by atomic mass is 19.1. The Bertz CT molecular complexity index is 1050. The second-order valence-electron chi connectivity index (χ2n) is 7.30. The van der Waals surface area contributed by atoms with Crippen LogP contribution >= 0.6 is 0 Å². The number of nitrogens with one attached hydrogen (secondary N) is 1. The van der Waals surface area contributed by atoms with Crippen molar-refractivity contribution in [2.24, 2.45) is 0 Å². The lowest BCUT2D eigenvalue weighted by Crippen LogP contribution is -2.38. The van der Waals surface area contributed by atoms with Gasteiger partial charge in [-0.2, -0.15) is 0 Å². The molecule has 6 heteroatoms. The standard InChI is InChI=1S/C22H22FN3O2/c23-17-12-10-15(11-13-17)14-20(27)25-26-21(16-6-2-1-3-7-16)24-19-9-5-4-8-18(19)22(26)28/h4-5,8-13,16H,1-3,6-7,14H2,(H,25,27). The third-order valence-corrected chi connectivity index (χ3v) is 5.29. The van der Waals surface area contributed by atoms with Gasteiger partial charge in [0.25, 0.3) is 5.56 Å². The van der Waals surface area contributed by atoms with Crippen LogP contribution in [0.4, 0.5) is 4.39 Å². The molecule has 0 aliphatic heterocycles. The predicted octanol–water partition coefficient (Wildman–Crippen LogP) is 3.90. The number of carbonyl (C=O) groups is 1. The van der Waals surface area contributed by atoms with Crippen LogP contribution in [0.5, 0.6) is 0 Å². The first-order valence-corrected chi connectivity index (χ1v) is 9.68. The maximum atomic E-state index is 13.1. The molecule has 28 heavy (non-hydrogen) atoms. The van der Waals surface area contributed by atoms with Crippen LogP contribution in [0.3, 0.4) is 0 Å². The number of para-hydroxylation sites is 1. The van der Waals surface area contributed by atoms with Crippen LogP contribution in [0, 0.1) is 5.82 Å². The van der Waals surface area contributed by atoms with Gasteiger partial charge in [-0.15, -0.1) is 0 Å². The fraction of sp³-hybridized carbons (Fsp3) is 0.318. The number of amides is 1. The fourth-order valence-electron chi connectivity index (χ4n) is 3.84. The van der Waals surface area contributed by atoms with Crippen molar-refractivity contribution in [1.29, 1.82) is 0 Å². The van der Waals surface area contributed by atoms with Crippen molar-refractivity contribution in [1.82, 2.24) is 9.66 Å². The van der Waals surface area contributed by atoms with Gasteiger partial charge in [-0.3, -0.25) is 15.0 Å². The Morgan fingerprint density at radius 3 is 2.54 bits per heavy atom. The third kappa shape index (κ3) is 3.81. The molecule has 1 amide bonds. The highest BCUT2D eigenvalue weighted by molar-refractivity contribution is 5.86. The van der Waals surface area contributed by atoms with Gasteiger partial charge in [-0.1, -0.05) is 43.5 Å². The van der Waals surface area contributed by atoms with E-state index in [2.05, 4.69) is 5.43 Å². The molecule has 1 aromatic heterocycles. The molecule has 1 saturated carbocycles. The number of fused-ring (bicyclic) bond motifs is 1. The Labute approximate surface area is 162 Å². The number of nitrogens with zero attached hydrogens (tertiary/aromatic N) is 2. The van der Waals surface area contributed by atoms with Gasteiger partial charge in [0.05, 0.1) is 17.3 Å². The largest absolute Gasteiger partial charge is 0.280 e. The maximum absolute atomic E-state index is 13.1. The van der Waals surface area contributed by atoms with E-state index >= 15 is 0 Å². The Hall–Kier alpha value is -3.02. The SMILES string of the molecule is O=C(Cc1ccc(F)cc1)Nn1c(C2CCCCC2)nc2ccccc2c1=O. The lowest BCUT2D eigenvalue weighted by Gasteiger charge is -2.24. The number of carbonyl (C=O) groups excluding carboxylic acids is 1. The average molecular weight is 379 g/mol. The molecule has 1 aliphatic rings. The zero-order chi connectivity index (χ0) is 19.5. The minimum Gasteiger partial charge on any atom is -0.273 e. The highest BCUT2D eigenvalue weighted by Gasteiger charge is 2.23. The smallest absolute Gasteiger partial charge is 0.273 e. The van der Waals surface area contributed by atoms with E-state index in [9.17, 15) is 14.0 Å². The summed E-state index contributed by atoms with van der Waals surface area (Å²) in [7, 11) is 0. The van der Waals surface area contributed by atoms with Gasteiger partial charge in [0.2, 0.25) is 5.91 Å². The Balaban J connectivity index is 1.69. The zero-order valence-corrected chi connectivity index (χ0v) is 15.5. The van der Waals surface area contributed by atoms with Gasteiger partial charge >= 0.3 is 0 Å². The number of hydrogen-bond donors (Lipinski definition) is 1. The quantitative estimate of drug-likeness (QED) is 0.748. The van der Waals surface area contributed by atoms with Crippen LogP contribution in [0.2, 0.25) is 0 Å². The molecule has 0 bridgehead atoms. The molecule has 0 atom stereocenters. The summed E-state index contributed by atoms with van der Waals surface area (Å²) in [5, 5.41) is 0.476. The summed E-state index contributed by atoms with van der Waals surface area (Å²) < 4.78 is 14.4. The molecule has 144 valence electrons. The minimum atomic E-state index is -0.348. The van der Waals surface area contributed by atoms with E-state index in [0.717, 1.165) is 25.7 Å². The van der Waals surface area contributed by atoms with Crippen molar-refractivity contribution < 1.29 is 9.18 Å². The first-order chi connectivity index (χ1) is 13.6. The molecule has 3 aromatic rings. The van der Waals surface area contributed by atoms with Crippen LogP contribution in [0.25, 0.3) is 10.9 Å². The van der Waals surface area contributed by atoms with Gasteiger partial charge in [-0.25, -0.2) is 14.1 Å². The van der Waals surface area contributed by atoms with E-state index in [0.29, 0.717) is 22.3 Å². The molecule has 0 unspecified atom stereocenters. The third-order valence-electron chi connectivity index (χ3n) is 5.29. The van der Waals surface area contributed by atoms with E-state index in [1.807, 2.05) is 12.1 Å². The molecule has 0 saturated heterocycles. The molecule has 4 rings (SSSR count). The van der Waals surface area contributed by atoms with E-state index in [1.54, 1.807) is 24.3 Å². The van der Waals surface area contributed by atoms with Crippen molar-refractivity contribution in [2.75, 3.05) is 5.43 Å². The van der Waals surface area contributed by atoms with Crippen LogP contribution in [-0.4, -0.2) is 15.6 Å². The van der Waals surface area contributed by atoms with Crippen LogP contribution in [-0.2, 0) is 11.2 Å². The van der Waals surface area contributed by atoms with Crippen molar-refractivity contribution in [3.05, 3.63) is 76.1 Å². The topological polar surface area (TPSA) is 64.0 Å². The first kappa shape index (κ1) is 18.3. The molecule has 1 fully saturated rings. The summed E-state index contributed by atoms with van der Waals surface area (Å²) in [5.41, 5.74) is 3.81. The fourth-order valence-corrected chi connectivity index (χ4v) is 3.84. The number of rotatable bonds is 4. The number of halogens is 1. The van der Waals surface area contributed by atoms with E-state index in [1.165, 1.54) is 23.2 Å². The summed E-state index contributed by atoms with van der Waals surface area (Å²) >= 11 is 0. The molecule has 0 spiro atoms. The molecule has 0 radical (unpaired) electrons. The van der Waals surface area contributed by atoms with Gasteiger partial charge in [0.1, 0.15) is 11.6 Å². The van der Waals surface area contributed by atoms with E-state index in [-0.39, 0.29) is 29.6 Å². The summed E-state index contributed by atoms with van der Waals surface area (Å²) in [6, 6.07) is 13.0. The highest BCUT2D eigenvalue weighted by Crippen LogP contribution is 2.31. The number of hydrogen-bond acceptors (Lipinski definition) is 3. The summed E-state index contributed by atoms with van der Waals surface area (Å²) in [5.74, 6) is 0.0922. The monoisotopic (exact) mass is 379 g/mol. The van der Waals surface area contributed by atoms with Crippen LogP contribution in [0.15, 0.2) is 53.3 Å². The zero-order valence-electron chi connectivity index (χ0n) is 15.5. The lowest BCUT2D eigenvalue weighted by atomic mass is 9.88. The van der Waals surface area contributed by atoms with Crippen molar-refractivity contribution in [2.45, 2.75) is 44.4 Å². The molecular formula is C22H22FN3O2. The molecule has 5 nitrogen and oxygen atoms in total. The van der Waals surface area contributed by atoms with Crippen LogP contribution in [0.1, 0.15) is 49.4 Å². The maximum Gasteiger partial charge on any atom is 0.280 e. The van der Waals surface area contributed by atoms with Crippen molar-refractivity contribution in [3.63, 3.8) is 0 Å². The minimum absolute atomic E-state index is 0.0592. The second kappa shape index (κ2) is 7.92. The number of benzene rings is 2. The summed E-state index contributed by atoms with van der Waals surface area (Å²) in [4.78, 5) is 30.4. The Kier molecular flexibility index (Phi) is 5.19. The molecule has 1 aliphatic carbocycles. The van der Waals surface area contributed by atoms with Crippen molar-refractivity contribution in [3.8, 4) is 0 Å². The molecule has 2 aromatic carbocycles. The number of aromatic nitrogens is 2. The van der Waals surface area contributed by atoms with Crippen molar-refractivity contribution >= 4 is 16.8 Å². The Morgan fingerprint density at radius 1 is 1.07 bits per heavy atom. The van der Waals surface area contributed by atoms with Gasteiger partial charge < -0.3 is 0 Å². The normalized spacial score (nSPS) is 14.9. The van der Waals surface area contributed by atoms with E-state index < -0.39 is 0 Å². The first-order valence-electron chi connectivity index (χ1n) is 9.68. The summed E-state index contributed by atoms with van der Waals surface area (Å²) in [6.45, 7) is 0. The van der Waals surface area contributed by atoms with E-state index in [4.69, 9.17) is 4.98 Å². The van der Waals surface area contributed by atoms with Gasteiger partial charge in [0, 0.05) is 5.92 Å².